The quantitative estimate of drug-likeness (QED) is 0.484. The zero-order valence-electron chi connectivity index (χ0n) is 7.71. The molecule has 0 aromatic rings. The molecule has 0 aliphatic carbocycles. The molecule has 0 saturated carbocycles. The number of carbonyl (C=O) groups is 1. The van der Waals surface area contributed by atoms with Gasteiger partial charge in [0.2, 0.25) is 0 Å². The van der Waals surface area contributed by atoms with E-state index < -0.39 is 6.16 Å². The fraction of sp³-hybridized carbons (Fsp3) is 0.444. The Balaban J connectivity index is 0. The number of rotatable bonds is 3. The van der Waals surface area contributed by atoms with Gasteiger partial charge < -0.3 is 9.47 Å². The highest BCUT2D eigenvalue weighted by Gasteiger charge is 1.96. The fourth-order valence-electron chi connectivity index (χ4n) is 0.286. The first-order valence-electron chi connectivity index (χ1n) is 3.70. The number of allylic oxidation sites excluding steroid dienone is 1. The second-order valence-corrected chi connectivity index (χ2v) is 1.69. The van der Waals surface area contributed by atoms with Crippen molar-refractivity contribution in [2.75, 3.05) is 13.2 Å². The lowest BCUT2D eigenvalue weighted by Crippen LogP contribution is -2.06. The van der Waals surface area contributed by atoms with Crippen LogP contribution in [0.2, 0.25) is 0 Å². The Kier molecular flexibility index (Phi) is 13.8. The van der Waals surface area contributed by atoms with E-state index in [9.17, 15) is 4.79 Å². The van der Waals surface area contributed by atoms with Crippen LogP contribution in [-0.4, -0.2) is 19.4 Å². The van der Waals surface area contributed by atoms with Crippen LogP contribution in [0.25, 0.3) is 0 Å². The van der Waals surface area contributed by atoms with E-state index in [1.54, 1.807) is 13.0 Å². The highest BCUT2D eigenvalue weighted by Crippen LogP contribution is 1.83. The average Bonchev–Trinajstić information content (AvgIpc) is 2.03. The molecule has 0 aliphatic heterocycles. The third-order valence-electron chi connectivity index (χ3n) is 0.581. The van der Waals surface area contributed by atoms with Gasteiger partial charge in [-0.2, -0.15) is 0 Å². The highest BCUT2D eigenvalue weighted by molar-refractivity contribution is 5.59. The molecule has 0 saturated heterocycles. The lowest BCUT2D eigenvalue weighted by atomic mass is 10.7. The van der Waals surface area contributed by atoms with Crippen molar-refractivity contribution >= 4 is 6.16 Å². The minimum Gasteiger partial charge on any atom is -0.435 e. The summed E-state index contributed by atoms with van der Waals surface area (Å²) in [6, 6.07) is 0. The first kappa shape index (κ1) is 13.3. The summed E-state index contributed by atoms with van der Waals surface area (Å²) in [6.07, 6.45) is 2.59. The zero-order chi connectivity index (χ0) is 9.82. The molecule has 0 heterocycles. The Hall–Kier alpha value is -1.25. The van der Waals surface area contributed by atoms with Crippen LogP contribution in [0.1, 0.15) is 13.8 Å². The smallest absolute Gasteiger partial charge is 0.435 e. The predicted octanol–water partition coefficient (Wildman–Crippen LogP) is 2.54. The van der Waals surface area contributed by atoms with Crippen LogP contribution in [0, 0.1) is 0 Å². The lowest BCUT2D eigenvalue weighted by Gasteiger charge is -1.99. The molecule has 0 aliphatic rings. The van der Waals surface area contributed by atoms with Gasteiger partial charge in [0.1, 0.15) is 6.61 Å². The molecule has 0 atom stereocenters. The van der Waals surface area contributed by atoms with Crippen LogP contribution in [0.15, 0.2) is 25.3 Å². The summed E-state index contributed by atoms with van der Waals surface area (Å²) in [5.74, 6) is 0. The van der Waals surface area contributed by atoms with E-state index in [0.717, 1.165) is 0 Å². The molecule has 0 aromatic heterocycles. The molecule has 12 heavy (non-hydrogen) atoms. The van der Waals surface area contributed by atoms with E-state index in [1.807, 2.05) is 6.92 Å². The summed E-state index contributed by atoms with van der Waals surface area (Å²) in [7, 11) is 0. The van der Waals surface area contributed by atoms with Crippen molar-refractivity contribution in [3.05, 3.63) is 25.3 Å². The molecule has 0 spiro atoms. The molecule has 0 bridgehead atoms. The largest absolute Gasteiger partial charge is 0.508 e. The Bertz CT molecular complexity index is 130. The minimum atomic E-state index is -0.641. The monoisotopic (exact) mass is 172 g/mol. The summed E-state index contributed by atoms with van der Waals surface area (Å²) in [5.41, 5.74) is 0. The van der Waals surface area contributed by atoms with Gasteiger partial charge >= 0.3 is 6.16 Å². The molecular weight excluding hydrogens is 156 g/mol. The Morgan fingerprint density at radius 3 is 2.25 bits per heavy atom. The molecule has 0 aromatic carbocycles. The van der Waals surface area contributed by atoms with E-state index in [2.05, 4.69) is 22.6 Å². The second-order valence-electron chi connectivity index (χ2n) is 1.69. The van der Waals surface area contributed by atoms with Crippen LogP contribution < -0.4 is 0 Å². The van der Waals surface area contributed by atoms with Gasteiger partial charge in [-0.3, -0.25) is 0 Å². The van der Waals surface area contributed by atoms with E-state index in [4.69, 9.17) is 0 Å². The van der Waals surface area contributed by atoms with E-state index in [-0.39, 0.29) is 6.61 Å². The minimum absolute atomic E-state index is 0.207. The van der Waals surface area contributed by atoms with Crippen LogP contribution >= 0.6 is 0 Å². The van der Waals surface area contributed by atoms with Gasteiger partial charge in [-0.25, -0.2) is 4.79 Å². The first-order valence-corrected chi connectivity index (χ1v) is 3.70. The van der Waals surface area contributed by atoms with Gasteiger partial charge in [0, 0.05) is 0 Å². The molecule has 0 rings (SSSR count). The van der Waals surface area contributed by atoms with Crippen molar-refractivity contribution in [2.24, 2.45) is 0 Å². The van der Waals surface area contributed by atoms with Crippen molar-refractivity contribution in [1.82, 2.24) is 0 Å². The maximum atomic E-state index is 10.3. The third kappa shape index (κ3) is 15.9. The van der Waals surface area contributed by atoms with Crippen molar-refractivity contribution in [2.45, 2.75) is 13.8 Å². The standard InChI is InChI=1S/C6H10O3.C3H6/c1-3-5-9-6(7)8-4-2;1-3-2/h3H,1,4-5H2,2H3;3H,1H2,2H3. The summed E-state index contributed by atoms with van der Waals surface area (Å²) in [5, 5.41) is 0. The van der Waals surface area contributed by atoms with Gasteiger partial charge in [-0.1, -0.05) is 18.7 Å². The molecule has 70 valence electrons. The molecule has 3 nitrogen and oxygen atoms in total. The lowest BCUT2D eigenvalue weighted by molar-refractivity contribution is 0.0674. The normalized spacial score (nSPS) is 7.17. The van der Waals surface area contributed by atoms with Crippen LogP contribution in [0.4, 0.5) is 4.79 Å². The first-order chi connectivity index (χ1) is 5.72. The number of hydrogen-bond donors (Lipinski definition) is 0. The summed E-state index contributed by atoms with van der Waals surface area (Å²) < 4.78 is 8.89. The maximum Gasteiger partial charge on any atom is 0.508 e. The molecule has 0 radical (unpaired) electrons. The van der Waals surface area contributed by atoms with Crippen LogP contribution in [0.5, 0.6) is 0 Å². The Morgan fingerprint density at radius 2 is 1.92 bits per heavy atom. The summed E-state index contributed by atoms with van der Waals surface area (Å²) in [6.45, 7) is 10.9. The second kappa shape index (κ2) is 12.4. The Labute approximate surface area is 73.7 Å². The molecule has 0 unspecified atom stereocenters. The van der Waals surface area contributed by atoms with E-state index in [1.165, 1.54) is 6.08 Å². The maximum absolute atomic E-state index is 10.3. The SMILES string of the molecule is C=CC.C=CCOC(=O)OCC. The molecular formula is C9H16O3. The average molecular weight is 172 g/mol. The van der Waals surface area contributed by atoms with E-state index in [0.29, 0.717) is 6.61 Å². The Morgan fingerprint density at radius 1 is 1.42 bits per heavy atom. The fourth-order valence-corrected chi connectivity index (χ4v) is 0.286. The van der Waals surface area contributed by atoms with Crippen molar-refractivity contribution < 1.29 is 14.3 Å². The van der Waals surface area contributed by atoms with Crippen molar-refractivity contribution in [3.63, 3.8) is 0 Å². The highest BCUT2D eigenvalue weighted by atomic mass is 16.7. The van der Waals surface area contributed by atoms with Gasteiger partial charge in [-0.05, 0) is 13.8 Å². The number of hydrogen-bond acceptors (Lipinski definition) is 3. The van der Waals surface area contributed by atoms with Gasteiger partial charge in [0.05, 0.1) is 6.61 Å². The summed E-state index contributed by atoms with van der Waals surface area (Å²) in [4.78, 5) is 10.3. The van der Waals surface area contributed by atoms with Crippen LogP contribution in [0.3, 0.4) is 0 Å². The topological polar surface area (TPSA) is 35.5 Å². The van der Waals surface area contributed by atoms with E-state index >= 15 is 0 Å². The zero-order valence-corrected chi connectivity index (χ0v) is 7.71. The predicted molar refractivity (Wildman–Crippen MR) is 49.0 cm³/mol. The van der Waals surface area contributed by atoms with Gasteiger partial charge in [-0.15, -0.1) is 6.58 Å². The van der Waals surface area contributed by atoms with Crippen LogP contribution in [-0.2, 0) is 9.47 Å². The van der Waals surface area contributed by atoms with Gasteiger partial charge in [0.15, 0.2) is 0 Å². The molecule has 3 heteroatoms. The summed E-state index contributed by atoms with van der Waals surface area (Å²) >= 11 is 0. The number of carbonyl (C=O) groups excluding carboxylic acids is 1. The molecule has 0 N–H and O–H groups in total. The van der Waals surface area contributed by atoms with Crippen molar-refractivity contribution in [1.29, 1.82) is 0 Å². The third-order valence-corrected chi connectivity index (χ3v) is 0.581. The van der Waals surface area contributed by atoms with Crippen molar-refractivity contribution in [3.8, 4) is 0 Å². The molecule has 0 amide bonds. The van der Waals surface area contributed by atoms with Gasteiger partial charge in [0.25, 0.3) is 0 Å². The number of ether oxygens (including phenoxy) is 2. The molecule has 0 fully saturated rings.